The molecule has 1 heterocycles. The monoisotopic (exact) mass is 282 g/mol. The number of piperidine rings is 1. The van der Waals surface area contributed by atoms with Crippen molar-refractivity contribution in [2.45, 2.75) is 58.5 Å². The molecule has 4 heteroatoms. The first-order valence-corrected chi connectivity index (χ1v) is 8.00. The molecule has 1 N–H and O–H groups in total. The van der Waals surface area contributed by atoms with E-state index in [1.54, 1.807) is 7.11 Å². The molecule has 0 aromatic carbocycles. The van der Waals surface area contributed by atoms with Gasteiger partial charge >= 0.3 is 0 Å². The fourth-order valence-corrected chi connectivity index (χ4v) is 3.34. The van der Waals surface area contributed by atoms with Crippen molar-refractivity contribution < 1.29 is 9.53 Å². The molecule has 116 valence electrons. The second-order valence-electron chi connectivity index (χ2n) is 7.08. The number of nitrogens with one attached hydrogen (secondary N) is 1. The zero-order valence-corrected chi connectivity index (χ0v) is 13.4. The van der Waals surface area contributed by atoms with E-state index >= 15 is 0 Å². The van der Waals surface area contributed by atoms with E-state index in [9.17, 15) is 4.79 Å². The predicted molar refractivity (Wildman–Crippen MR) is 80.6 cm³/mol. The smallest absolute Gasteiger partial charge is 0.240 e. The van der Waals surface area contributed by atoms with Crippen LogP contribution in [0.1, 0.15) is 46.5 Å². The highest BCUT2D eigenvalue weighted by molar-refractivity contribution is 5.83. The van der Waals surface area contributed by atoms with Gasteiger partial charge in [0, 0.05) is 19.7 Å². The van der Waals surface area contributed by atoms with Crippen molar-refractivity contribution in [1.29, 1.82) is 0 Å². The first kappa shape index (κ1) is 15.8. The van der Waals surface area contributed by atoms with Gasteiger partial charge in [0.05, 0.1) is 12.6 Å². The zero-order valence-electron chi connectivity index (χ0n) is 13.4. The maximum atomic E-state index is 13.0. The molecule has 2 aliphatic rings. The van der Waals surface area contributed by atoms with Crippen molar-refractivity contribution in [2.75, 3.05) is 26.8 Å². The molecule has 1 aliphatic carbocycles. The molecule has 2 fully saturated rings. The number of methoxy groups -OCH3 is 1. The summed E-state index contributed by atoms with van der Waals surface area (Å²) in [5, 5.41) is 3.45. The average molecular weight is 282 g/mol. The maximum absolute atomic E-state index is 13.0. The van der Waals surface area contributed by atoms with Gasteiger partial charge in [-0.25, -0.2) is 0 Å². The predicted octanol–water partition coefficient (Wildman–Crippen LogP) is 2.04. The van der Waals surface area contributed by atoms with Crippen LogP contribution in [0.2, 0.25) is 0 Å². The van der Waals surface area contributed by atoms with Crippen molar-refractivity contribution in [1.82, 2.24) is 10.2 Å². The molecule has 1 saturated heterocycles. The molecule has 0 bridgehead atoms. The number of carbonyl (C=O) groups is 1. The summed E-state index contributed by atoms with van der Waals surface area (Å²) in [4.78, 5) is 15.1. The van der Waals surface area contributed by atoms with E-state index in [4.69, 9.17) is 4.74 Å². The lowest BCUT2D eigenvalue weighted by Crippen LogP contribution is -2.58. The molecule has 4 nitrogen and oxygen atoms in total. The van der Waals surface area contributed by atoms with Crippen LogP contribution in [0, 0.1) is 11.3 Å². The van der Waals surface area contributed by atoms with Crippen LogP contribution in [0.25, 0.3) is 0 Å². The third kappa shape index (κ3) is 3.53. The summed E-state index contributed by atoms with van der Waals surface area (Å²) in [6, 6.07) is 0.298. The van der Waals surface area contributed by atoms with Crippen LogP contribution in [0.3, 0.4) is 0 Å². The number of ether oxygens (including phenoxy) is 1. The lowest BCUT2D eigenvalue weighted by molar-refractivity contribution is -0.140. The summed E-state index contributed by atoms with van der Waals surface area (Å²) in [7, 11) is 1.70. The molecule has 1 amide bonds. The summed E-state index contributed by atoms with van der Waals surface area (Å²) in [5.74, 6) is 0.966. The minimum Gasteiger partial charge on any atom is -0.383 e. The summed E-state index contributed by atoms with van der Waals surface area (Å²) in [6.07, 6.45) is 4.80. The first-order valence-electron chi connectivity index (χ1n) is 8.00. The second-order valence-corrected chi connectivity index (χ2v) is 7.08. The van der Waals surface area contributed by atoms with Crippen LogP contribution < -0.4 is 5.32 Å². The molecule has 1 aliphatic heterocycles. The Morgan fingerprint density at radius 1 is 1.45 bits per heavy atom. The van der Waals surface area contributed by atoms with Crippen molar-refractivity contribution in [2.24, 2.45) is 11.3 Å². The van der Waals surface area contributed by atoms with Crippen LogP contribution in [0.4, 0.5) is 0 Å². The van der Waals surface area contributed by atoms with Gasteiger partial charge in [0.2, 0.25) is 5.91 Å². The average Bonchev–Trinajstić information content (AvgIpc) is 3.22. The lowest BCUT2D eigenvalue weighted by atomic mass is 9.77. The number of hydrogen-bond donors (Lipinski definition) is 1. The minimum absolute atomic E-state index is 0.0456. The van der Waals surface area contributed by atoms with Crippen molar-refractivity contribution >= 4 is 5.91 Å². The Labute approximate surface area is 123 Å². The topological polar surface area (TPSA) is 41.6 Å². The fourth-order valence-electron chi connectivity index (χ4n) is 3.34. The zero-order chi connectivity index (χ0) is 14.8. The molecule has 2 rings (SSSR count). The summed E-state index contributed by atoms with van der Waals surface area (Å²) in [6.45, 7) is 8.89. The van der Waals surface area contributed by atoms with Crippen molar-refractivity contribution in [3.05, 3.63) is 0 Å². The number of amides is 1. The van der Waals surface area contributed by atoms with E-state index in [2.05, 4.69) is 31.0 Å². The molecule has 2 unspecified atom stereocenters. The van der Waals surface area contributed by atoms with E-state index in [-0.39, 0.29) is 17.4 Å². The van der Waals surface area contributed by atoms with Gasteiger partial charge < -0.3 is 15.0 Å². The molecule has 2 atom stereocenters. The Bertz CT molecular complexity index is 339. The van der Waals surface area contributed by atoms with Crippen LogP contribution in [-0.4, -0.2) is 49.7 Å². The molecule has 0 aromatic heterocycles. The van der Waals surface area contributed by atoms with Gasteiger partial charge in [-0.05, 0) is 50.5 Å². The summed E-state index contributed by atoms with van der Waals surface area (Å²) in [5.41, 5.74) is 0.0456. The third-order valence-corrected chi connectivity index (χ3v) is 4.99. The standard InChI is InChI=1S/C16H30N2O2/c1-12(13-6-7-13)18(10-11-20-4)15(19)14-16(2,3)8-5-9-17-14/h12-14,17H,5-11H2,1-4H3. The highest BCUT2D eigenvalue weighted by Gasteiger charge is 2.42. The fraction of sp³-hybridized carbons (Fsp3) is 0.938. The summed E-state index contributed by atoms with van der Waals surface area (Å²) < 4.78 is 5.20. The lowest BCUT2D eigenvalue weighted by Gasteiger charge is -2.42. The van der Waals surface area contributed by atoms with Gasteiger partial charge in [-0.15, -0.1) is 0 Å². The van der Waals surface area contributed by atoms with E-state index in [0.29, 0.717) is 25.1 Å². The van der Waals surface area contributed by atoms with Crippen LogP contribution in [0.15, 0.2) is 0 Å². The molecule has 0 radical (unpaired) electrons. The van der Waals surface area contributed by atoms with Crippen LogP contribution >= 0.6 is 0 Å². The normalized spacial score (nSPS) is 27.1. The van der Waals surface area contributed by atoms with Gasteiger partial charge in [0.15, 0.2) is 0 Å². The minimum atomic E-state index is -0.0469. The molecular formula is C16H30N2O2. The highest BCUT2D eigenvalue weighted by atomic mass is 16.5. The first-order chi connectivity index (χ1) is 9.47. The Hall–Kier alpha value is -0.610. The van der Waals surface area contributed by atoms with E-state index in [1.165, 1.54) is 12.8 Å². The Morgan fingerprint density at radius 3 is 2.70 bits per heavy atom. The van der Waals surface area contributed by atoms with Crippen LogP contribution in [0.5, 0.6) is 0 Å². The third-order valence-electron chi connectivity index (χ3n) is 4.99. The Balaban J connectivity index is 2.07. The summed E-state index contributed by atoms with van der Waals surface area (Å²) >= 11 is 0. The number of hydrogen-bond acceptors (Lipinski definition) is 3. The molecular weight excluding hydrogens is 252 g/mol. The van der Waals surface area contributed by atoms with Gasteiger partial charge in [0.1, 0.15) is 0 Å². The van der Waals surface area contributed by atoms with E-state index in [1.807, 2.05) is 0 Å². The molecule has 1 saturated carbocycles. The van der Waals surface area contributed by atoms with Gasteiger partial charge in [-0.1, -0.05) is 13.8 Å². The van der Waals surface area contributed by atoms with Gasteiger partial charge in [-0.2, -0.15) is 0 Å². The number of nitrogens with zero attached hydrogens (tertiary/aromatic N) is 1. The SMILES string of the molecule is COCCN(C(=O)C1NCCCC1(C)C)C(C)C1CC1. The van der Waals surface area contributed by atoms with Gasteiger partial charge in [0.25, 0.3) is 0 Å². The number of rotatable bonds is 6. The van der Waals surface area contributed by atoms with E-state index < -0.39 is 0 Å². The maximum Gasteiger partial charge on any atom is 0.240 e. The van der Waals surface area contributed by atoms with E-state index in [0.717, 1.165) is 19.4 Å². The largest absolute Gasteiger partial charge is 0.383 e. The van der Waals surface area contributed by atoms with Crippen molar-refractivity contribution in [3.63, 3.8) is 0 Å². The quantitative estimate of drug-likeness (QED) is 0.810. The molecule has 0 aromatic rings. The second kappa shape index (κ2) is 6.44. The van der Waals surface area contributed by atoms with Crippen molar-refractivity contribution in [3.8, 4) is 0 Å². The van der Waals surface area contributed by atoms with Gasteiger partial charge in [-0.3, -0.25) is 4.79 Å². The Kier molecular flexibility index (Phi) is 5.08. The van der Waals surface area contributed by atoms with Crippen LogP contribution in [-0.2, 0) is 9.53 Å². The molecule has 20 heavy (non-hydrogen) atoms. The molecule has 0 spiro atoms. The number of carbonyl (C=O) groups excluding carboxylic acids is 1. The Morgan fingerprint density at radius 2 is 2.15 bits per heavy atom. The highest BCUT2D eigenvalue weighted by Crippen LogP contribution is 2.37.